The predicted molar refractivity (Wildman–Crippen MR) is 88.4 cm³/mol. The molecule has 0 fully saturated rings. The van der Waals surface area contributed by atoms with Gasteiger partial charge in [0.15, 0.2) is 11.5 Å². The zero-order chi connectivity index (χ0) is 16.8. The number of benzene rings is 2. The van der Waals surface area contributed by atoms with Gasteiger partial charge in [0.25, 0.3) is 5.91 Å². The summed E-state index contributed by atoms with van der Waals surface area (Å²) in [7, 11) is 4.58. The quantitative estimate of drug-likeness (QED) is 0.890. The van der Waals surface area contributed by atoms with Gasteiger partial charge in [-0.25, -0.2) is 0 Å². The lowest BCUT2D eigenvalue weighted by Crippen LogP contribution is -2.23. The highest BCUT2D eigenvalue weighted by Gasteiger charge is 2.17. The first kappa shape index (κ1) is 16.7. The Morgan fingerprint density at radius 2 is 1.57 bits per heavy atom. The Morgan fingerprint density at radius 3 is 2.17 bits per heavy atom. The monoisotopic (exact) mass is 315 g/mol. The zero-order valence-electron chi connectivity index (χ0n) is 13.8. The van der Waals surface area contributed by atoms with E-state index in [2.05, 4.69) is 5.32 Å². The Morgan fingerprint density at radius 1 is 0.957 bits per heavy atom. The molecule has 0 aliphatic heterocycles. The fraction of sp³-hybridized carbons (Fsp3) is 0.278. The molecule has 0 atom stereocenters. The lowest BCUT2D eigenvalue weighted by molar-refractivity contribution is 0.0947. The molecule has 122 valence electrons. The second-order valence-corrected chi connectivity index (χ2v) is 5.02. The van der Waals surface area contributed by atoms with Crippen LogP contribution in [0.3, 0.4) is 0 Å². The lowest BCUT2D eigenvalue weighted by Gasteiger charge is -2.14. The second kappa shape index (κ2) is 7.54. The third kappa shape index (κ3) is 3.74. The van der Waals surface area contributed by atoms with Crippen molar-refractivity contribution in [1.29, 1.82) is 0 Å². The van der Waals surface area contributed by atoms with E-state index in [1.165, 1.54) is 21.3 Å². The summed E-state index contributed by atoms with van der Waals surface area (Å²) < 4.78 is 15.8. The summed E-state index contributed by atoms with van der Waals surface area (Å²) in [4.78, 5) is 12.5. The first-order valence-electron chi connectivity index (χ1n) is 7.23. The van der Waals surface area contributed by atoms with Crippen LogP contribution in [0, 0.1) is 6.92 Å². The van der Waals surface area contributed by atoms with Crippen LogP contribution in [0.2, 0.25) is 0 Å². The highest BCUT2D eigenvalue weighted by molar-refractivity contribution is 5.97. The number of hydrogen-bond acceptors (Lipinski definition) is 4. The van der Waals surface area contributed by atoms with Crippen molar-refractivity contribution in [3.05, 3.63) is 53.1 Å². The molecule has 2 aromatic rings. The molecule has 0 aliphatic rings. The van der Waals surface area contributed by atoms with Crippen LogP contribution in [0.15, 0.2) is 36.4 Å². The Bertz CT molecular complexity index is 697. The molecule has 1 N–H and O–H groups in total. The summed E-state index contributed by atoms with van der Waals surface area (Å²) in [5.41, 5.74) is 2.60. The highest BCUT2D eigenvalue weighted by Crippen LogP contribution is 2.34. The molecule has 0 saturated heterocycles. The maximum atomic E-state index is 12.5. The van der Waals surface area contributed by atoms with Crippen LogP contribution in [0.1, 0.15) is 21.5 Å². The van der Waals surface area contributed by atoms with Gasteiger partial charge in [-0.2, -0.15) is 0 Å². The topological polar surface area (TPSA) is 56.8 Å². The van der Waals surface area contributed by atoms with Crippen molar-refractivity contribution in [2.75, 3.05) is 21.3 Å². The van der Waals surface area contributed by atoms with E-state index in [-0.39, 0.29) is 5.91 Å². The summed E-state index contributed by atoms with van der Waals surface area (Å²) in [6.07, 6.45) is 0. The third-order valence-corrected chi connectivity index (χ3v) is 3.65. The first-order valence-corrected chi connectivity index (χ1v) is 7.23. The average molecular weight is 315 g/mol. The third-order valence-electron chi connectivity index (χ3n) is 3.65. The van der Waals surface area contributed by atoms with Crippen LogP contribution < -0.4 is 19.5 Å². The molecule has 2 rings (SSSR count). The van der Waals surface area contributed by atoms with Gasteiger partial charge in [-0.05, 0) is 18.1 Å². The summed E-state index contributed by atoms with van der Waals surface area (Å²) in [5, 5.41) is 2.90. The Hall–Kier alpha value is -2.69. The minimum absolute atomic E-state index is 0.231. The Kier molecular flexibility index (Phi) is 5.46. The van der Waals surface area contributed by atoms with E-state index in [9.17, 15) is 4.79 Å². The summed E-state index contributed by atoms with van der Waals surface area (Å²) in [6, 6.07) is 11.2. The molecule has 23 heavy (non-hydrogen) atoms. The molecular weight excluding hydrogens is 294 g/mol. The molecule has 5 nitrogen and oxygen atoms in total. The smallest absolute Gasteiger partial charge is 0.255 e. The number of hydrogen-bond donors (Lipinski definition) is 1. The number of nitrogens with one attached hydrogen (secondary N) is 1. The summed E-state index contributed by atoms with van der Waals surface area (Å²) >= 11 is 0. The number of carbonyl (C=O) groups excluding carboxylic acids is 1. The van der Waals surface area contributed by atoms with Gasteiger partial charge in [0.05, 0.1) is 26.9 Å². The zero-order valence-corrected chi connectivity index (χ0v) is 13.8. The lowest BCUT2D eigenvalue weighted by atomic mass is 10.1. The molecule has 0 radical (unpaired) electrons. The largest absolute Gasteiger partial charge is 0.496 e. The van der Waals surface area contributed by atoms with Crippen molar-refractivity contribution < 1.29 is 19.0 Å². The molecule has 1 amide bonds. The van der Waals surface area contributed by atoms with Gasteiger partial charge in [-0.1, -0.05) is 24.3 Å². The molecule has 5 heteroatoms. The van der Waals surface area contributed by atoms with Crippen LogP contribution >= 0.6 is 0 Å². The standard InChI is InChI=1S/C18H21NO4/c1-12-7-5-6-8-13(12)11-19-18(20)14-9-16(22-3)17(23-4)10-15(14)21-2/h5-10H,11H2,1-4H3,(H,19,20). The summed E-state index contributed by atoms with van der Waals surface area (Å²) in [5.74, 6) is 1.20. The molecule has 0 spiro atoms. The molecule has 0 saturated carbocycles. The van der Waals surface area contributed by atoms with Gasteiger partial charge in [0, 0.05) is 18.7 Å². The van der Waals surface area contributed by atoms with E-state index in [1.807, 2.05) is 31.2 Å². The minimum Gasteiger partial charge on any atom is -0.496 e. The van der Waals surface area contributed by atoms with Gasteiger partial charge < -0.3 is 19.5 Å². The van der Waals surface area contributed by atoms with Crippen molar-refractivity contribution in [3.8, 4) is 17.2 Å². The van der Waals surface area contributed by atoms with Crippen molar-refractivity contribution >= 4 is 5.91 Å². The number of rotatable bonds is 6. The predicted octanol–water partition coefficient (Wildman–Crippen LogP) is 2.95. The number of methoxy groups -OCH3 is 3. The maximum absolute atomic E-state index is 12.5. The van der Waals surface area contributed by atoms with E-state index >= 15 is 0 Å². The van der Waals surface area contributed by atoms with Gasteiger partial charge >= 0.3 is 0 Å². The van der Waals surface area contributed by atoms with Gasteiger partial charge in [0.2, 0.25) is 0 Å². The number of amides is 1. The van der Waals surface area contributed by atoms with E-state index in [0.717, 1.165) is 11.1 Å². The fourth-order valence-corrected chi connectivity index (χ4v) is 2.29. The molecule has 0 bridgehead atoms. The average Bonchev–Trinajstić information content (AvgIpc) is 2.59. The number of aryl methyl sites for hydroxylation is 1. The number of ether oxygens (including phenoxy) is 3. The SMILES string of the molecule is COc1cc(OC)c(C(=O)NCc2ccccc2C)cc1OC. The van der Waals surface area contributed by atoms with Gasteiger partial charge in [-0.3, -0.25) is 4.79 Å². The second-order valence-electron chi connectivity index (χ2n) is 5.02. The molecule has 0 heterocycles. The van der Waals surface area contributed by atoms with Crippen LogP contribution in [0.5, 0.6) is 17.2 Å². The van der Waals surface area contributed by atoms with E-state index in [1.54, 1.807) is 12.1 Å². The van der Waals surface area contributed by atoms with Gasteiger partial charge in [0.1, 0.15) is 5.75 Å². The van der Waals surface area contributed by atoms with Crippen molar-refractivity contribution in [1.82, 2.24) is 5.32 Å². The Balaban J connectivity index is 2.23. The van der Waals surface area contributed by atoms with Crippen molar-refractivity contribution in [3.63, 3.8) is 0 Å². The van der Waals surface area contributed by atoms with E-state index in [4.69, 9.17) is 14.2 Å². The van der Waals surface area contributed by atoms with Crippen molar-refractivity contribution in [2.24, 2.45) is 0 Å². The summed E-state index contributed by atoms with van der Waals surface area (Å²) in [6.45, 7) is 2.46. The van der Waals surface area contributed by atoms with Crippen molar-refractivity contribution in [2.45, 2.75) is 13.5 Å². The van der Waals surface area contributed by atoms with Crippen LogP contribution in [0.4, 0.5) is 0 Å². The van der Waals surface area contributed by atoms with E-state index < -0.39 is 0 Å². The van der Waals surface area contributed by atoms with E-state index in [0.29, 0.717) is 29.4 Å². The Labute approximate surface area is 136 Å². The fourth-order valence-electron chi connectivity index (χ4n) is 2.29. The van der Waals surface area contributed by atoms with Gasteiger partial charge in [-0.15, -0.1) is 0 Å². The van der Waals surface area contributed by atoms with Crippen LogP contribution in [-0.2, 0) is 6.54 Å². The molecular formula is C18H21NO4. The minimum atomic E-state index is -0.231. The molecule has 0 unspecified atom stereocenters. The highest BCUT2D eigenvalue weighted by atomic mass is 16.5. The first-order chi connectivity index (χ1) is 11.1. The molecule has 0 aromatic heterocycles. The molecule has 2 aromatic carbocycles. The van der Waals surface area contributed by atoms with Crippen LogP contribution in [-0.4, -0.2) is 27.2 Å². The normalized spacial score (nSPS) is 10.1. The maximum Gasteiger partial charge on any atom is 0.255 e. The van der Waals surface area contributed by atoms with Crippen LogP contribution in [0.25, 0.3) is 0 Å². The molecule has 0 aliphatic carbocycles. The number of carbonyl (C=O) groups is 1.